The highest BCUT2D eigenvalue weighted by Crippen LogP contribution is 2.36. The fourth-order valence-corrected chi connectivity index (χ4v) is 2.20. The molecule has 4 heteroatoms. The third-order valence-electron chi connectivity index (χ3n) is 2.97. The van der Waals surface area contributed by atoms with Crippen LogP contribution in [0.4, 0.5) is 0 Å². The van der Waals surface area contributed by atoms with E-state index in [1.165, 1.54) is 0 Å². The van der Waals surface area contributed by atoms with Crippen molar-refractivity contribution in [1.82, 2.24) is 0 Å². The molecule has 0 amide bonds. The van der Waals surface area contributed by atoms with Crippen LogP contribution in [-0.2, 0) is 19.1 Å². The first-order valence-corrected chi connectivity index (χ1v) is 6.74. The van der Waals surface area contributed by atoms with Gasteiger partial charge in [-0.15, -0.1) is 0 Å². The van der Waals surface area contributed by atoms with Gasteiger partial charge in [0.05, 0.1) is 25.0 Å². The van der Waals surface area contributed by atoms with Gasteiger partial charge in [0.15, 0.2) is 0 Å². The van der Waals surface area contributed by atoms with Gasteiger partial charge in [-0.3, -0.25) is 9.59 Å². The van der Waals surface area contributed by atoms with E-state index in [0.717, 1.165) is 0 Å². The van der Waals surface area contributed by atoms with Crippen molar-refractivity contribution in [1.29, 1.82) is 0 Å². The van der Waals surface area contributed by atoms with Gasteiger partial charge in [0.1, 0.15) is 0 Å². The predicted octanol–water partition coefficient (Wildman–Crippen LogP) is 2.95. The van der Waals surface area contributed by atoms with Crippen LogP contribution in [0.3, 0.4) is 0 Å². The summed E-state index contributed by atoms with van der Waals surface area (Å²) in [5.41, 5.74) is -0.740. The topological polar surface area (TPSA) is 52.6 Å². The largest absolute Gasteiger partial charge is 0.466 e. The van der Waals surface area contributed by atoms with Gasteiger partial charge < -0.3 is 9.47 Å². The van der Waals surface area contributed by atoms with E-state index in [0.29, 0.717) is 32.0 Å². The molecule has 0 aliphatic heterocycles. The van der Waals surface area contributed by atoms with Gasteiger partial charge in [-0.2, -0.15) is 0 Å². The summed E-state index contributed by atoms with van der Waals surface area (Å²) in [5, 5.41) is 0. The molecule has 0 aromatic rings. The van der Waals surface area contributed by atoms with Crippen LogP contribution in [0.1, 0.15) is 53.9 Å². The Morgan fingerprint density at radius 2 is 1.61 bits per heavy atom. The summed E-state index contributed by atoms with van der Waals surface area (Å²) in [4.78, 5) is 23.8. The van der Waals surface area contributed by atoms with Gasteiger partial charge in [0.25, 0.3) is 0 Å². The molecule has 0 rings (SSSR count). The molecule has 1 atom stereocenters. The van der Waals surface area contributed by atoms with Crippen LogP contribution >= 0.6 is 0 Å². The third-order valence-corrected chi connectivity index (χ3v) is 2.97. The molecule has 1 unspecified atom stereocenters. The molecule has 0 aromatic carbocycles. The zero-order valence-electron chi connectivity index (χ0n) is 12.2. The quantitative estimate of drug-likeness (QED) is 0.628. The van der Waals surface area contributed by atoms with Crippen molar-refractivity contribution in [3.05, 3.63) is 0 Å². The second-order valence-electron chi connectivity index (χ2n) is 4.93. The number of ether oxygens (including phenoxy) is 2. The SMILES string of the molecule is CCOC(=O)CC(CC)(CC(C)C)C(=O)OCC. The lowest BCUT2D eigenvalue weighted by Gasteiger charge is -2.31. The summed E-state index contributed by atoms with van der Waals surface area (Å²) < 4.78 is 10.1. The molecule has 0 heterocycles. The highest BCUT2D eigenvalue weighted by molar-refractivity contribution is 5.83. The smallest absolute Gasteiger partial charge is 0.312 e. The van der Waals surface area contributed by atoms with Crippen molar-refractivity contribution in [3.8, 4) is 0 Å². The minimum atomic E-state index is -0.740. The molecule has 0 aromatic heterocycles. The van der Waals surface area contributed by atoms with Crippen molar-refractivity contribution in [3.63, 3.8) is 0 Å². The van der Waals surface area contributed by atoms with Crippen LogP contribution in [0.15, 0.2) is 0 Å². The molecule has 18 heavy (non-hydrogen) atoms. The fraction of sp³-hybridized carbons (Fsp3) is 0.857. The molecule has 0 aliphatic rings. The summed E-state index contributed by atoms with van der Waals surface area (Å²) in [5.74, 6) is -0.286. The molecule has 0 bridgehead atoms. The van der Waals surface area contributed by atoms with E-state index in [1.54, 1.807) is 13.8 Å². The lowest BCUT2D eigenvalue weighted by atomic mass is 9.75. The van der Waals surface area contributed by atoms with Gasteiger partial charge in [0.2, 0.25) is 0 Å². The average molecular weight is 258 g/mol. The summed E-state index contributed by atoms with van der Waals surface area (Å²) in [7, 11) is 0. The zero-order valence-corrected chi connectivity index (χ0v) is 12.2. The molecular weight excluding hydrogens is 232 g/mol. The van der Waals surface area contributed by atoms with Gasteiger partial charge in [-0.25, -0.2) is 0 Å². The lowest BCUT2D eigenvalue weighted by Crippen LogP contribution is -2.36. The molecule has 0 N–H and O–H groups in total. The van der Waals surface area contributed by atoms with Crippen molar-refractivity contribution in [2.45, 2.75) is 53.9 Å². The van der Waals surface area contributed by atoms with Gasteiger partial charge >= 0.3 is 11.9 Å². The van der Waals surface area contributed by atoms with Crippen molar-refractivity contribution < 1.29 is 19.1 Å². The second kappa shape index (κ2) is 8.11. The van der Waals surface area contributed by atoms with Crippen LogP contribution in [0.2, 0.25) is 0 Å². The van der Waals surface area contributed by atoms with E-state index < -0.39 is 5.41 Å². The van der Waals surface area contributed by atoms with E-state index in [-0.39, 0.29) is 18.4 Å². The average Bonchev–Trinajstić information content (AvgIpc) is 2.27. The molecule has 106 valence electrons. The maximum Gasteiger partial charge on any atom is 0.312 e. The Morgan fingerprint density at radius 3 is 2.00 bits per heavy atom. The zero-order chi connectivity index (χ0) is 14.2. The Bertz CT molecular complexity index is 273. The summed E-state index contributed by atoms with van der Waals surface area (Å²) in [6.45, 7) is 10.2. The van der Waals surface area contributed by atoms with E-state index in [1.807, 2.05) is 20.8 Å². The minimum absolute atomic E-state index is 0.106. The molecule has 4 nitrogen and oxygen atoms in total. The van der Waals surface area contributed by atoms with Gasteiger partial charge in [-0.1, -0.05) is 20.8 Å². The molecule has 0 saturated heterocycles. The minimum Gasteiger partial charge on any atom is -0.466 e. The first-order valence-electron chi connectivity index (χ1n) is 6.74. The fourth-order valence-electron chi connectivity index (χ4n) is 2.20. The van der Waals surface area contributed by atoms with E-state index in [9.17, 15) is 9.59 Å². The van der Waals surface area contributed by atoms with Crippen molar-refractivity contribution >= 4 is 11.9 Å². The standard InChI is InChI=1S/C14H26O4/c1-6-14(9-11(4)5,13(16)18-8-3)10-12(15)17-7-2/h11H,6-10H2,1-5H3. The van der Waals surface area contributed by atoms with Crippen molar-refractivity contribution in [2.75, 3.05) is 13.2 Å². The normalized spacial score (nSPS) is 14.1. The summed E-state index contributed by atoms with van der Waals surface area (Å²) >= 11 is 0. The van der Waals surface area contributed by atoms with Crippen LogP contribution in [0, 0.1) is 11.3 Å². The highest BCUT2D eigenvalue weighted by atomic mass is 16.5. The Labute approximate surface area is 110 Å². The maximum atomic E-state index is 12.1. The van der Waals surface area contributed by atoms with Gasteiger partial charge in [0, 0.05) is 0 Å². The first-order chi connectivity index (χ1) is 8.41. The molecule has 0 saturated carbocycles. The maximum absolute atomic E-state index is 12.1. The van der Waals surface area contributed by atoms with Crippen LogP contribution in [0.5, 0.6) is 0 Å². The highest BCUT2D eigenvalue weighted by Gasteiger charge is 2.41. The molecule has 0 aliphatic carbocycles. The van der Waals surface area contributed by atoms with Crippen LogP contribution in [-0.4, -0.2) is 25.2 Å². The summed E-state index contributed by atoms with van der Waals surface area (Å²) in [6.07, 6.45) is 1.33. The first kappa shape index (κ1) is 16.9. The second-order valence-corrected chi connectivity index (χ2v) is 4.93. The van der Waals surface area contributed by atoms with E-state index in [2.05, 4.69) is 0 Å². The number of hydrogen-bond donors (Lipinski definition) is 0. The number of hydrogen-bond acceptors (Lipinski definition) is 4. The van der Waals surface area contributed by atoms with Crippen LogP contribution in [0.25, 0.3) is 0 Å². The van der Waals surface area contributed by atoms with E-state index in [4.69, 9.17) is 9.47 Å². The number of esters is 2. The van der Waals surface area contributed by atoms with Crippen LogP contribution < -0.4 is 0 Å². The predicted molar refractivity (Wildman–Crippen MR) is 70.1 cm³/mol. The number of rotatable bonds is 8. The summed E-state index contributed by atoms with van der Waals surface area (Å²) in [6, 6.07) is 0. The Hall–Kier alpha value is -1.06. The Kier molecular flexibility index (Phi) is 7.64. The Morgan fingerprint density at radius 1 is 1.06 bits per heavy atom. The third kappa shape index (κ3) is 5.07. The van der Waals surface area contributed by atoms with Gasteiger partial charge in [-0.05, 0) is 32.6 Å². The number of carbonyl (C=O) groups excluding carboxylic acids is 2. The lowest BCUT2D eigenvalue weighted by molar-refractivity contribution is -0.164. The van der Waals surface area contributed by atoms with E-state index >= 15 is 0 Å². The molecule has 0 fully saturated rings. The monoisotopic (exact) mass is 258 g/mol. The van der Waals surface area contributed by atoms with Crippen molar-refractivity contribution in [2.24, 2.45) is 11.3 Å². The molecular formula is C14H26O4. The molecule has 0 spiro atoms. The molecule has 0 radical (unpaired) electrons. The Balaban J connectivity index is 4.97. The number of carbonyl (C=O) groups is 2.